The van der Waals surface area contributed by atoms with Crippen molar-refractivity contribution in [3.8, 4) is 0 Å². The fraction of sp³-hybridized carbons (Fsp3) is 0.750. The minimum Gasteiger partial charge on any atom is -0.480 e. The lowest BCUT2D eigenvalue weighted by Gasteiger charge is -2.29. The average molecular weight is 306 g/mol. The van der Waals surface area contributed by atoms with Crippen molar-refractivity contribution in [2.45, 2.75) is 32.5 Å². The van der Waals surface area contributed by atoms with E-state index in [-0.39, 0.29) is 23.8 Å². The maximum atomic E-state index is 12.1. The van der Waals surface area contributed by atoms with Gasteiger partial charge in [0, 0.05) is 12.5 Å². The number of hydrogen-bond acceptors (Lipinski definition) is 4. The van der Waals surface area contributed by atoms with Crippen LogP contribution in [0.25, 0.3) is 0 Å². The third kappa shape index (κ3) is 2.45. The van der Waals surface area contributed by atoms with Crippen molar-refractivity contribution >= 4 is 17.8 Å². The first-order chi connectivity index (χ1) is 9.59. The third-order valence-electron chi connectivity index (χ3n) is 4.46. The van der Waals surface area contributed by atoms with Crippen molar-refractivity contribution < 1.29 is 33.4 Å². The molecular weight excluding hydrogens is 290 g/mol. The highest BCUT2D eigenvalue weighted by molar-refractivity contribution is 5.91. The van der Waals surface area contributed by atoms with Crippen LogP contribution in [0, 0.1) is 17.3 Å². The summed E-state index contributed by atoms with van der Waals surface area (Å²) in [5.41, 5.74) is -0.211. The number of nitrogens with one attached hydrogen (secondary N) is 1. The lowest BCUT2D eigenvalue weighted by atomic mass is 10.0. The molecule has 21 heavy (non-hydrogen) atoms. The van der Waals surface area contributed by atoms with Crippen LogP contribution in [0.1, 0.15) is 13.8 Å². The summed E-state index contributed by atoms with van der Waals surface area (Å²) in [6.45, 7) is 3.89. The van der Waals surface area contributed by atoms with Crippen molar-refractivity contribution in [1.29, 1.82) is 0 Å². The molecule has 1 aliphatic heterocycles. The lowest BCUT2D eigenvalue weighted by molar-refractivity contribution is -0.157. The van der Waals surface area contributed by atoms with E-state index in [0.717, 1.165) is 4.90 Å². The maximum absolute atomic E-state index is 12.1. The van der Waals surface area contributed by atoms with E-state index in [4.69, 9.17) is 0 Å². The Morgan fingerprint density at radius 3 is 2.38 bits per heavy atom. The third-order valence-corrected chi connectivity index (χ3v) is 4.46. The number of piperidine rings is 1. The highest BCUT2D eigenvalue weighted by Gasteiger charge is 2.69. The van der Waals surface area contributed by atoms with E-state index in [9.17, 15) is 33.4 Å². The molecule has 1 aliphatic carbocycles. The Morgan fingerprint density at radius 2 is 1.90 bits per heavy atom. The summed E-state index contributed by atoms with van der Waals surface area (Å²) in [6, 6.07) is -1.12. The van der Waals surface area contributed by atoms with Crippen LogP contribution in [-0.4, -0.2) is 58.1 Å². The number of aliphatic hydroxyl groups excluding tert-OH is 1. The summed E-state index contributed by atoms with van der Waals surface area (Å²) in [5.74, 6) is -4.34. The van der Waals surface area contributed by atoms with Crippen LogP contribution in [-0.2, 0) is 14.4 Å². The summed E-state index contributed by atoms with van der Waals surface area (Å²) in [7, 11) is 0. The molecule has 9 heteroatoms. The normalized spacial score (nSPS) is 30.8. The number of alkyl halides is 2. The second kappa shape index (κ2) is 4.90. The number of hydrogen-bond donors (Lipinski definition) is 3. The lowest BCUT2D eigenvalue weighted by Crippen LogP contribution is -2.54. The van der Waals surface area contributed by atoms with Gasteiger partial charge in [-0.2, -0.15) is 8.78 Å². The van der Waals surface area contributed by atoms with E-state index in [1.165, 1.54) is 5.32 Å². The van der Waals surface area contributed by atoms with Gasteiger partial charge in [-0.3, -0.25) is 9.59 Å². The maximum Gasteiger partial charge on any atom is 0.326 e. The molecule has 3 N–H and O–H groups in total. The van der Waals surface area contributed by atoms with Crippen molar-refractivity contribution in [1.82, 2.24) is 10.2 Å². The molecule has 0 aromatic heterocycles. The van der Waals surface area contributed by atoms with E-state index < -0.39 is 36.5 Å². The SMILES string of the molecule is CC1(C)[C@@H]2[C@@H](C(=O)O)N(C(=O)[C@H](O)NC(=O)C(F)F)C[C@@H]21. The zero-order chi connectivity index (χ0) is 16.1. The first kappa shape index (κ1) is 15.6. The minimum absolute atomic E-state index is 0.0134. The summed E-state index contributed by atoms with van der Waals surface area (Å²) in [4.78, 5) is 34.9. The van der Waals surface area contributed by atoms with Gasteiger partial charge in [-0.1, -0.05) is 13.8 Å². The second-order valence-corrected chi connectivity index (χ2v) is 5.94. The first-order valence-corrected chi connectivity index (χ1v) is 6.39. The van der Waals surface area contributed by atoms with Gasteiger partial charge in [0.1, 0.15) is 6.04 Å². The quantitative estimate of drug-likeness (QED) is 0.593. The van der Waals surface area contributed by atoms with Crippen LogP contribution >= 0.6 is 0 Å². The van der Waals surface area contributed by atoms with Gasteiger partial charge in [0.25, 0.3) is 11.8 Å². The number of likely N-dealkylation sites (tertiary alicyclic amines) is 1. The van der Waals surface area contributed by atoms with Crippen LogP contribution in [0.5, 0.6) is 0 Å². The van der Waals surface area contributed by atoms with E-state index >= 15 is 0 Å². The second-order valence-electron chi connectivity index (χ2n) is 5.94. The Labute approximate surface area is 118 Å². The number of carboxylic acids is 1. The molecule has 0 unspecified atom stereocenters. The first-order valence-electron chi connectivity index (χ1n) is 6.39. The summed E-state index contributed by atoms with van der Waals surface area (Å²) >= 11 is 0. The zero-order valence-corrected chi connectivity index (χ0v) is 11.4. The molecular formula is C12H16F2N2O5. The van der Waals surface area contributed by atoms with Gasteiger partial charge in [0.05, 0.1) is 0 Å². The topological polar surface area (TPSA) is 107 Å². The molecule has 2 fully saturated rings. The zero-order valence-electron chi connectivity index (χ0n) is 11.4. The fourth-order valence-electron chi connectivity index (χ4n) is 3.21. The number of rotatable bonds is 4. The molecule has 2 amide bonds. The van der Waals surface area contributed by atoms with Gasteiger partial charge < -0.3 is 20.4 Å². The van der Waals surface area contributed by atoms with E-state index in [1.54, 1.807) is 0 Å². The van der Waals surface area contributed by atoms with Crippen molar-refractivity contribution in [2.24, 2.45) is 17.3 Å². The molecule has 7 nitrogen and oxygen atoms in total. The van der Waals surface area contributed by atoms with Crippen LogP contribution in [0.4, 0.5) is 8.78 Å². The molecule has 2 rings (SSSR count). The smallest absolute Gasteiger partial charge is 0.326 e. The van der Waals surface area contributed by atoms with E-state index in [1.807, 2.05) is 13.8 Å². The van der Waals surface area contributed by atoms with E-state index in [2.05, 4.69) is 0 Å². The molecule has 0 bridgehead atoms. The number of aliphatic hydroxyl groups is 1. The number of carboxylic acid groups (broad SMARTS) is 1. The molecule has 1 saturated heterocycles. The van der Waals surface area contributed by atoms with Gasteiger partial charge in [-0.05, 0) is 11.3 Å². The van der Waals surface area contributed by atoms with Gasteiger partial charge >= 0.3 is 12.4 Å². The molecule has 0 spiro atoms. The number of amides is 2. The molecule has 2 aliphatic rings. The van der Waals surface area contributed by atoms with Crippen molar-refractivity contribution in [3.63, 3.8) is 0 Å². The fourth-order valence-corrected chi connectivity index (χ4v) is 3.21. The Bertz CT molecular complexity index is 496. The number of nitrogens with zero attached hydrogens (tertiary/aromatic N) is 1. The minimum atomic E-state index is -3.37. The van der Waals surface area contributed by atoms with Crippen molar-refractivity contribution in [3.05, 3.63) is 0 Å². The molecule has 0 aromatic rings. The van der Waals surface area contributed by atoms with Gasteiger partial charge in [-0.25, -0.2) is 4.79 Å². The Kier molecular flexibility index (Phi) is 3.64. The van der Waals surface area contributed by atoms with Crippen molar-refractivity contribution in [2.75, 3.05) is 6.54 Å². The Hall–Kier alpha value is -1.77. The standard InChI is InChI=1S/C12H16F2N2O5/c1-12(2)4-3-16(6(5(4)12)11(20)21)10(19)9(18)15-8(17)7(13)14/h4-7,9,18H,3H2,1-2H3,(H,15,17)(H,20,21)/t4-,5-,6-,9-/m0/s1. The molecule has 118 valence electrons. The summed E-state index contributed by atoms with van der Waals surface area (Å²) < 4.78 is 24.1. The molecule has 0 radical (unpaired) electrons. The molecule has 1 heterocycles. The van der Waals surface area contributed by atoms with Gasteiger partial charge in [0.2, 0.25) is 6.23 Å². The molecule has 0 aromatic carbocycles. The van der Waals surface area contributed by atoms with Crippen LogP contribution < -0.4 is 5.32 Å². The highest BCUT2D eigenvalue weighted by atomic mass is 19.3. The predicted octanol–water partition coefficient (Wildman–Crippen LogP) is -0.746. The van der Waals surface area contributed by atoms with Crippen LogP contribution in [0.3, 0.4) is 0 Å². The number of aliphatic carboxylic acids is 1. The van der Waals surface area contributed by atoms with Gasteiger partial charge in [-0.15, -0.1) is 0 Å². The molecule has 4 atom stereocenters. The monoisotopic (exact) mass is 306 g/mol. The Morgan fingerprint density at radius 1 is 1.33 bits per heavy atom. The van der Waals surface area contributed by atoms with E-state index in [0.29, 0.717) is 0 Å². The average Bonchev–Trinajstić information content (AvgIpc) is 2.77. The Balaban J connectivity index is 2.06. The number of carbonyl (C=O) groups excluding carboxylic acids is 2. The molecule has 1 saturated carbocycles. The largest absolute Gasteiger partial charge is 0.480 e. The number of halogens is 2. The van der Waals surface area contributed by atoms with Crippen LogP contribution in [0.2, 0.25) is 0 Å². The highest BCUT2D eigenvalue weighted by Crippen LogP contribution is 2.64. The van der Waals surface area contributed by atoms with Crippen LogP contribution in [0.15, 0.2) is 0 Å². The summed E-state index contributed by atoms with van der Waals surface area (Å²) in [5, 5.41) is 20.2. The predicted molar refractivity (Wildman–Crippen MR) is 64.1 cm³/mol. The number of carbonyl (C=O) groups is 3. The number of fused-ring (bicyclic) bond motifs is 1. The van der Waals surface area contributed by atoms with Gasteiger partial charge in [0.15, 0.2) is 0 Å². The summed E-state index contributed by atoms with van der Waals surface area (Å²) in [6.07, 6.45) is -5.54.